The molecule has 1 aromatic carbocycles. The zero-order chi connectivity index (χ0) is 15.8. The van der Waals surface area contributed by atoms with Crippen LogP contribution in [0.4, 0.5) is 10.1 Å². The van der Waals surface area contributed by atoms with Crippen LogP contribution in [0.5, 0.6) is 0 Å². The highest BCUT2D eigenvalue weighted by Gasteiger charge is 2.21. The number of thiazole rings is 1. The number of hydrogen-bond acceptors (Lipinski definition) is 5. The first-order valence-corrected chi connectivity index (χ1v) is 7.76. The number of nitrogens with one attached hydrogen (secondary N) is 2. The molecular weight excluding hydrogens is 323 g/mol. The van der Waals surface area contributed by atoms with Crippen LogP contribution in [-0.4, -0.2) is 24.5 Å². The zero-order valence-electron chi connectivity index (χ0n) is 10.5. The predicted octanol–water partition coefficient (Wildman–Crippen LogP) is 1.38. The Bertz CT molecular complexity index is 869. The first-order valence-electron chi connectivity index (χ1n) is 5.46. The van der Waals surface area contributed by atoms with Crippen molar-refractivity contribution in [1.29, 1.82) is 0 Å². The molecule has 0 aliphatic heterocycles. The Hall–Kier alpha value is -2.20. The fourth-order valence-electron chi connectivity index (χ4n) is 1.60. The molecule has 2 aromatic rings. The molecule has 7 nitrogen and oxygen atoms in total. The van der Waals surface area contributed by atoms with Crippen molar-refractivity contribution in [2.45, 2.75) is 11.1 Å². The van der Waals surface area contributed by atoms with Crippen LogP contribution in [0.15, 0.2) is 27.2 Å². The predicted molar refractivity (Wildman–Crippen MR) is 73.8 cm³/mol. The molecule has 2 rings (SSSR count). The molecule has 21 heavy (non-hydrogen) atoms. The Labute approximate surface area is 122 Å². The monoisotopic (exact) mass is 332 g/mol. The first kappa shape index (κ1) is 15.2. The minimum Gasteiger partial charge on any atom is -0.478 e. The van der Waals surface area contributed by atoms with Crippen LogP contribution in [0, 0.1) is 12.7 Å². The highest BCUT2D eigenvalue weighted by molar-refractivity contribution is 7.94. The Balaban J connectivity index is 2.42. The summed E-state index contributed by atoms with van der Waals surface area (Å²) in [7, 11) is -4.06. The lowest BCUT2D eigenvalue weighted by molar-refractivity contribution is 0.0692. The minimum atomic E-state index is -4.06. The van der Waals surface area contributed by atoms with E-state index in [0.29, 0.717) is 11.3 Å². The van der Waals surface area contributed by atoms with Crippen LogP contribution in [-0.2, 0) is 10.0 Å². The molecule has 0 aliphatic carbocycles. The summed E-state index contributed by atoms with van der Waals surface area (Å²) in [4.78, 5) is 23.7. The van der Waals surface area contributed by atoms with Crippen molar-refractivity contribution >= 4 is 33.0 Å². The van der Waals surface area contributed by atoms with Gasteiger partial charge < -0.3 is 10.1 Å². The lowest BCUT2D eigenvalue weighted by Gasteiger charge is -2.08. The lowest BCUT2D eigenvalue weighted by Crippen LogP contribution is -2.13. The molecule has 0 fully saturated rings. The van der Waals surface area contributed by atoms with Crippen molar-refractivity contribution < 1.29 is 22.7 Å². The number of aromatic carboxylic acids is 1. The molecule has 112 valence electrons. The van der Waals surface area contributed by atoms with Gasteiger partial charge in [0.25, 0.3) is 10.0 Å². The standard InChI is InChI=1S/C11H9FN2O5S2/c1-5-10(20-11(17)13-5)21(18,19)14-6-2-3-8(12)7(4-6)9(15)16/h2-4,14H,1H3,(H,13,17)(H,15,16). The fraction of sp³-hybridized carbons (Fsp3) is 0.0909. The summed E-state index contributed by atoms with van der Waals surface area (Å²) in [5, 5.41) is 8.79. The van der Waals surface area contributed by atoms with Gasteiger partial charge in [0.15, 0.2) is 4.21 Å². The SMILES string of the molecule is Cc1[nH]c(=O)sc1S(=O)(=O)Nc1ccc(F)c(C(=O)O)c1. The third-order valence-electron chi connectivity index (χ3n) is 2.47. The van der Waals surface area contributed by atoms with E-state index in [2.05, 4.69) is 9.71 Å². The van der Waals surface area contributed by atoms with Gasteiger partial charge in [0, 0.05) is 11.4 Å². The number of carboxylic acid groups (broad SMARTS) is 1. The van der Waals surface area contributed by atoms with E-state index >= 15 is 0 Å². The number of carboxylic acids is 1. The molecule has 1 heterocycles. The number of aromatic amines is 1. The van der Waals surface area contributed by atoms with Crippen LogP contribution in [0.25, 0.3) is 0 Å². The highest BCUT2D eigenvalue weighted by atomic mass is 32.2. The summed E-state index contributed by atoms with van der Waals surface area (Å²) in [6.45, 7) is 1.42. The molecule has 0 amide bonds. The second kappa shape index (κ2) is 5.30. The van der Waals surface area contributed by atoms with E-state index in [1.54, 1.807) is 0 Å². The van der Waals surface area contributed by atoms with Gasteiger partial charge in [-0.1, -0.05) is 11.3 Å². The number of anilines is 1. The van der Waals surface area contributed by atoms with E-state index in [1.807, 2.05) is 0 Å². The zero-order valence-corrected chi connectivity index (χ0v) is 12.1. The summed E-state index contributed by atoms with van der Waals surface area (Å²) in [6.07, 6.45) is 0. The Morgan fingerprint density at radius 2 is 2.10 bits per heavy atom. The van der Waals surface area contributed by atoms with Crippen LogP contribution in [0.2, 0.25) is 0 Å². The largest absolute Gasteiger partial charge is 0.478 e. The van der Waals surface area contributed by atoms with Gasteiger partial charge in [-0.15, -0.1) is 0 Å². The number of benzene rings is 1. The van der Waals surface area contributed by atoms with Gasteiger partial charge in [-0.25, -0.2) is 17.6 Å². The Morgan fingerprint density at radius 1 is 1.43 bits per heavy atom. The van der Waals surface area contributed by atoms with Crippen LogP contribution in [0.3, 0.4) is 0 Å². The van der Waals surface area contributed by atoms with Crippen LogP contribution in [0.1, 0.15) is 16.1 Å². The van der Waals surface area contributed by atoms with Crippen molar-refractivity contribution in [3.05, 3.63) is 44.9 Å². The molecule has 0 spiro atoms. The molecule has 0 saturated heterocycles. The van der Waals surface area contributed by atoms with Crippen LogP contribution < -0.4 is 9.60 Å². The summed E-state index contributed by atoms with van der Waals surface area (Å²) < 4.78 is 39.3. The quantitative estimate of drug-likeness (QED) is 0.782. The summed E-state index contributed by atoms with van der Waals surface area (Å²) in [5.74, 6) is -2.50. The number of H-pyrrole nitrogens is 1. The average Bonchev–Trinajstić information content (AvgIpc) is 2.71. The summed E-state index contributed by atoms with van der Waals surface area (Å²) >= 11 is 0.502. The third-order valence-corrected chi connectivity index (χ3v) is 5.46. The molecule has 10 heteroatoms. The second-order valence-electron chi connectivity index (χ2n) is 4.03. The van der Waals surface area contributed by atoms with Gasteiger partial charge in [-0.3, -0.25) is 9.52 Å². The van der Waals surface area contributed by atoms with E-state index in [9.17, 15) is 22.4 Å². The van der Waals surface area contributed by atoms with E-state index in [0.717, 1.165) is 18.2 Å². The maximum atomic E-state index is 13.2. The lowest BCUT2D eigenvalue weighted by atomic mass is 10.2. The van der Waals surface area contributed by atoms with Crippen molar-refractivity contribution in [3.8, 4) is 0 Å². The van der Waals surface area contributed by atoms with Crippen molar-refractivity contribution in [2.75, 3.05) is 4.72 Å². The number of aromatic nitrogens is 1. The van der Waals surface area contributed by atoms with Crippen LogP contribution >= 0.6 is 11.3 Å². The normalized spacial score (nSPS) is 11.3. The number of sulfonamides is 1. The maximum absolute atomic E-state index is 13.2. The van der Waals surface area contributed by atoms with Gasteiger partial charge >= 0.3 is 10.8 Å². The van der Waals surface area contributed by atoms with Gasteiger partial charge in [0.05, 0.1) is 5.56 Å². The van der Waals surface area contributed by atoms with E-state index in [1.165, 1.54) is 6.92 Å². The van der Waals surface area contributed by atoms with Crippen molar-refractivity contribution in [2.24, 2.45) is 0 Å². The number of hydrogen-bond donors (Lipinski definition) is 3. The highest BCUT2D eigenvalue weighted by Crippen LogP contribution is 2.22. The van der Waals surface area contributed by atoms with E-state index in [-0.39, 0.29) is 15.6 Å². The summed E-state index contributed by atoms with van der Waals surface area (Å²) in [5.41, 5.74) is -0.610. The van der Waals surface area contributed by atoms with E-state index in [4.69, 9.17) is 5.11 Å². The molecule has 1 aromatic heterocycles. The summed E-state index contributed by atoms with van der Waals surface area (Å²) in [6, 6.07) is 2.79. The minimum absolute atomic E-state index is 0.117. The number of carbonyl (C=O) groups is 1. The van der Waals surface area contributed by atoms with Gasteiger partial charge in [0.2, 0.25) is 0 Å². The number of rotatable bonds is 4. The van der Waals surface area contributed by atoms with Crippen molar-refractivity contribution in [1.82, 2.24) is 4.98 Å². The van der Waals surface area contributed by atoms with Gasteiger partial charge in [-0.05, 0) is 25.1 Å². The fourth-order valence-corrected chi connectivity index (χ4v) is 3.95. The Kier molecular flexibility index (Phi) is 3.83. The maximum Gasteiger partial charge on any atom is 0.338 e. The average molecular weight is 332 g/mol. The topological polar surface area (TPSA) is 116 Å². The molecule has 3 N–H and O–H groups in total. The Morgan fingerprint density at radius 3 is 2.62 bits per heavy atom. The van der Waals surface area contributed by atoms with E-state index < -0.39 is 32.2 Å². The molecule has 0 saturated carbocycles. The molecule has 0 bridgehead atoms. The molecule has 0 radical (unpaired) electrons. The third kappa shape index (κ3) is 3.11. The first-order chi connectivity index (χ1) is 9.70. The molecule has 0 unspecified atom stereocenters. The van der Waals surface area contributed by atoms with Gasteiger partial charge in [0.1, 0.15) is 5.82 Å². The number of halogens is 1. The van der Waals surface area contributed by atoms with Crippen molar-refractivity contribution in [3.63, 3.8) is 0 Å². The smallest absolute Gasteiger partial charge is 0.338 e. The number of aryl methyl sites for hydroxylation is 1. The molecule has 0 atom stereocenters. The molecule has 0 aliphatic rings. The second-order valence-corrected chi connectivity index (χ2v) is 6.89. The van der Waals surface area contributed by atoms with Gasteiger partial charge in [-0.2, -0.15) is 0 Å². The molecular formula is C11H9FN2O5S2.